The zero-order chi connectivity index (χ0) is 22.1. The maximum atomic E-state index is 12.9. The van der Waals surface area contributed by atoms with Gasteiger partial charge in [-0.1, -0.05) is 0 Å². The van der Waals surface area contributed by atoms with E-state index >= 15 is 0 Å². The number of hydrogen-bond acceptors (Lipinski definition) is 8. The molecule has 1 aromatic heterocycles. The van der Waals surface area contributed by atoms with Gasteiger partial charge in [-0.05, 0) is 43.7 Å². The zero-order valence-corrected chi connectivity index (χ0v) is 18.2. The van der Waals surface area contributed by atoms with Crippen LogP contribution in [0.2, 0.25) is 0 Å². The molecule has 0 aliphatic carbocycles. The van der Waals surface area contributed by atoms with Gasteiger partial charge in [-0.25, -0.2) is 18.4 Å². The fourth-order valence-electron chi connectivity index (χ4n) is 4.24. The van der Waals surface area contributed by atoms with Gasteiger partial charge in [0.05, 0.1) is 16.6 Å². The molecule has 2 aliphatic rings. The van der Waals surface area contributed by atoms with Crippen molar-refractivity contribution in [2.45, 2.75) is 34.9 Å². The Labute approximate surface area is 182 Å². The molecule has 5 rings (SSSR count). The standard InChI is InChI=1S/C21H18N2O6S2/c1-3-23-14-7-11(31(22,26)27)4-5-17(14)30-20-19(23)13-8-12-10(2)6-18(24)28-15(12)9-16(13)29-21(20)25/h4-9,19-20H,3H2,1-2H3,(H2,22,26,27). The van der Waals surface area contributed by atoms with E-state index in [1.54, 1.807) is 18.2 Å². The molecule has 2 unspecified atom stereocenters. The average Bonchev–Trinajstić information content (AvgIpc) is 2.70. The smallest absolute Gasteiger partial charge is 0.336 e. The maximum absolute atomic E-state index is 12.9. The van der Waals surface area contributed by atoms with Crippen LogP contribution in [0, 0.1) is 6.92 Å². The minimum Gasteiger partial charge on any atom is -0.425 e. The van der Waals surface area contributed by atoms with Crippen molar-refractivity contribution in [2.24, 2.45) is 5.14 Å². The summed E-state index contributed by atoms with van der Waals surface area (Å²) in [4.78, 5) is 27.4. The lowest BCUT2D eigenvalue weighted by Gasteiger charge is -2.44. The predicted octanol–water partition coefficient (Wildman–Crippen LogP) is 2.71. The van der Waals surface area contributed by atoms with E-state index in [0.29, 0.717) is 23.6 Å². The van der Waals surface area contributed by atoms with Gasteiger partial charge in [-0.15, -0.1) is 11.8 Å². The van der Waals surface area contributed by atoms with Crippen molar-refractivity contribution in [2.75, 3.05) is 11.4 Å². The van der Waals surface area contributed by atoms with Crippen LogP contribution in [0.5, 0.6) is 5.75 Å². The number of benzene rings is 2. The number of ether oxygens (including phenoxy) is 1. The number of primary sulfonamides is 1. The topological polar surface area (TPSA) is 120 Å². The molecule has 3 heterocycles. The summed E-state index contributed by atoms with van der Waals surface area (Å²) < 4.78 is 34.7. The largest absolute Gasteiger partial charge is 0.425 e. The van der Waals surface area contributed by atoms with E-state index in [2.05, 4.69) is 0 Å². The van der Waals surface area contributed by atoms with E-state index in [9.17, 15) is 18.0 Å². The van der Waals surface area contributed by atoms with Crippen molar-refractivity contribution in [1.82, 2.24) is 0 Å². The Morgan fingerprint density at radius 3 is 2.65 bits per heavy atom. The third-order valence-electron chi connectivity index (χ3n) is 5.63. The van der Waals surface area contributed by atoms with E-state index in [1.807, 2.05) is 24.8 Å². The Balaban J connectivity index is 1.74. The zero-order valence-electron chi connectivity index (χ0n) is 16.6. The molecule has 0 radical (unpaired) electrons. The van der Waals surface area contributed by atoms with Gasteiger partial charge in [0.2, 0.25) is 10.0 Å². The number of thioether (sulfide) groups is 1. The first-order valence-corrected chi connectivity index (χ1v) is 12.0. The molecule has 10 heteroatoms. The number of hydrogen-bond donors (Lipinski definition) is 1. The Morgan fingerprint density at radius 2 is 1.94 bits per heavy atom. The van der Waals surface area contributed by atoms with Gasteiger partial charge in [-0.2, -0.15) is 0 Å². The molecule has 160 valence electrons. The number of anilines is 1. The molecule has 2 aliphatic heterocycles. The van der Waals surface area contributed by atoms with E-state index in [4.69, 9.17) is 14.3 Å². The second kappa shape index (κ2) is 6.84. The monoisotopic (exact) mass is 458 g/mol. The van der Waals surface area contributed by atoms with Crippen LogP contribution >= 0.6 is 11.8 Å². The van der Waals surface area contributed by atoms with Crippen molar-refractivity contribution in [3.63, 3.8) is 0 Å². The number of nitrogens with zero attached hydrogens (tertiary/aromatic N) is 1. The highest BCUT2D eigenvalue weighted by atomic mass is 32.2. The van der Waals surface area contributed by atoms with Gasteiger partial charge >= 0.3 is 11.6 Å². The Kier molecular flexibility index (Phi) is 4.44. The first-order chi connectivity index (χ1) is 14.7. The van der Waals surface area contributed by atoms with Crippen LogP contribution < -0.4 is 20.4 Å². The molecule has 0 bridgehead atoms. The van der Waals surface area contributed by atoms with Crippen molar-refractivity contribution in [1.29, 1.82) is 0 Å². The van der Waals surface area contributed by atoms with Crippen LogP contribution in [-0.4, -0.2) is 26.2 Å². The first-order valence-electron chi connectivity index (χ1n) is 9.57. The number of carbonyl (C=O) groups excluding carboxylic acids is 1. The fourth-order valence-corrected chi connectivity index (χ4v) is 6.05. The lowest BCUT2D eigenvalue weighted by Crippen LogP contribution is -2.46. The van der Waals surface area contributed by atoms with Crippen LogP contribution in [0.25, 0.3) is 11.0 Å². The van der Waals surface area contributed by atoms with E-state index in [0.717, 1.165) is 21.4 Å². The molecule has 3 aromatic rings. The fraction of sp³-hybridized carbons (Fsp3) is 0.238. The molecule has 8 nitrogen and oxygen atoms in total. The number of aryl methyl sites for hydroxylation is 1. The third-order valence-corrected chi connectivity index (χ3v) is 7.84. The number of rotatable bonds is 2. The number of carbonyl (C=O) groups is 1. The van der Waals surface area contributed by atoms with Crippen molar-refractivity contribution in [3.05, 3.63) is 57.9 Å². The molecular formula is C21H18N2O6S2. The van der Waals surface area contributed by atoms with Gasteiger partial charge in [0, 0.05) is 34.5 Å². The van der Waals surface area contributed by atoms with Gasteiger partial charge < -0.3 is 14.1 Å². The molecule has 0 saturated carbocycles. The van der Waals surface area contributed by atoms with Gasteiger partial charge in [-0.3, -0.25) is 4.79 Å². The minimum absolute atomic E-state index is 0.0125. The second-order valence-electron chi connectivity index (χ2n) is 7.50. The highest BCUT2D eigenvalue weighted by Gasteiger charge is 2.46. The summed E-state index contributed by atoms with van der Waals surface area (Å²) in [6.45, 7) is 4.28. The molecule has 0 amide bonds. The predicted molar refractivity (Wildman–Crippen MR) is 116 cm³/mol. The Bertz CT molecular complexity index is 1430. The van der Waals surface area contributed by atoms with Crippen molar-refractivity contribution in [3.8, 4) is 5.75 Å². The SMILES string of the molecule is CCN1c2cc(S(N)(=O)=O)ccc2SC2C(=O)Oc3cc4oc(=O)cc(C)c4cc3C21. The second-order valence-corrected chi connectivity index (χ2v) is 10.2. The number of nitrogens with two attached hydrogens (primary N) is 1. The molecule has 2 aromatic carbocycles. The number of esters is 1. The van der Waals surface area contributed by atoms with Gasteiger partial charge in [0.25, 0.3) is 0 Å². The molecular weight excluding hydrogens is 440 g/mol. The van der Waals surface area contributed by atoms with Crippen molar-refractivity contribution >= 4 is 44.4 Å². The van der Waals surface area contributed by atoms with Crippen LogP contribution in [0.3, 0.4) is 0 Å². The summed E-state index contributed by atoms with van der Waals surface area (Å²) in [5.41, 5.74) is 2.09. The summed E-state index contributed by atoms with van der Waals surface area (Å²) in [5, 5.41) is 5.55. The first kappa shape index (κ1) is 20.1. The number of sulfonamides is 1. The Hall–Kier alpha value is -2.82. The quantitative estimate of drug-likeness (QED) is 0.354. The molecule has 0 saturated heterocycles. The minimum atomic E-state index is -3.88. The lowest BCUT2D eigenvalue weighted by molar-refractivity contribution is -0.135. The van der Waals surface area contributed by atoms with Crippen LogP contribution in [0.15, 0.2) is 55.4 Å². The normalized spacial score (nSPS) is 20.1. The molecule has 2 N–H and O–H groups in total. The molecule has 31 heavy (non-hydrogen) atoms. The number of fused-ring (bicyclic) bond motifs is 5. The Morgan fingerprint density at radius 1 is 1.16 bits per heavy atom. The summed E-state index contributed by atoms with van der Waals surface area (Å²) in [6.07, 6.45) is 0. The summed E-state index contributed by atoms with van der Waals surface area (Å²) in [7, 11) is -3.88. The molecule has 2 atom stereocenters. The highest BCUT2D eigenvalue weighted by molar-refractivity contribution is 8.01. The van der Waals surface area contributed by atoms with Crippen LogP contribution in [0.1, 0.15) is 24.1 Å². The van der Waals surface area contributed by atoms with Crippen LogP contribution in [-0.2, 0) is 14.8 Å². The molecule has 0 fully saturated rings. The third kappa shape index (κ3) is 3.13. The van der Waals surface area contributed by atoms with Gasteiger partial charge in [0.15, 0.2) is 0 Å². The highest BCUT2D eigenvalue weighted by Crippen LogP contribution is 2.52. The summed E-state index contributed by atoms with van der Waals surface area (Å²) >= 11 is 1.34. The van der Waals surface area contributed by atoms with E-state index in [1.165, 1.54) is 23.9 Å². The maximum Gasteiger partial charge on any atom is 0.336 e. The summed E-state index contributed by atoms with van der Waals surface area (Å²) in [6, 6.07) is 9.14. The van der Waals surface area contributed by atoms with Gasteiger partial charge in [0.1, 0.15) is 16.6 Å². The average molecular weight is 459 g/mol. The van der Waals surface area contributed by atoms with Crippen molar-refractivity contribution < 1.29 is 22.4 Å². The summed E-state index contributed by atoms with van der Waals surface area (Å²) in [5.74, 6) is -0.0749. The lowest BCUT2D eigenvalue weighted by atomic mass is 9.94. The van der Waals surface area contributed by atoms with Crippen LogP contribution in [0.4, 0.5) is 5.69 Å². The van der Waals surface area contributed by atoms with E-state index < -0.39 is 26.9 Å². The molecule has 0 spiro atoms. The van der Waals surface area contributed by atoms with E-state index in [-0.39, 0.29) is 10.9 Å².